The van der Waals surface area contributed by atoms with Crippen molar-refractivity contribution in [3.63, 3.8) is 0 Å². The number of nitrogens with one attached hydrogen (secondary N) is 1. The zero-order valence-corrected chi connectivity index (χ0v) is 15.2. The number of H-pyrrole nitrogens is 1. The van der Waals surface area contributed by atoms with Gasteiger partial charge in [0.25, 0.3) is 0 Å². The van der Waals surface area contributed by atoms with Gasteiger partial charge in [0.2, 0.25) is 0 Å². The molecule has 3 nitrogen and oxygen atoms in total. The van der Waals surface area contributed by atoms with Gasteiger partial charge < -0.3 is 4.90 Å². The molecule has 1 heterocycles. The van der Waals surface area contributed by atoms with E-state index < -0.39 is 0 Å². The number of hydrogen-bond acceptors (Lipinski definition) is 2. The second-order valence-electron chi connectivity index (χ2n) is 7.15. The Kier molecular flexibility index (Phi) is 4.93. The molecule has 1 aromatic heterocycles. The van der Waals surface area contributed by atoms with E-state index in [9.17, 15) is 0 Å². The average Bonchev–Trinajstić information content (AvgIpc) is 3.11. The van der Waals surface area contributed by atoms with Crippen LogP contribution in [0.2, 0.25) is 5.02 Å². The summed E-state index contributed by atoms with van der Waals surface area (Å²) < 4.78 is 0. The van der Waals surface area contributed by atoms with Crippen LogP contribution in [-0.4, -0.2) is 16.7 Å². The number of halogens is 1. The maximum Gasteiger partial charge on any atom is 0.0651 e. The number of nitrogens with zero attached hydrogens (tertiary/aromatic N) is 2. The first-order chi connectivity index (χ1) is 12.3. The molecule has 0 saturated heterocycles. The fourth-order valence-electron chi connectivity index (χ4n) is 3.88. The maximum absolute atomic E-state index is 6.05. The molecular formula is C21H24ClN3. The average molecular weight is 354 g/mol. The molecular weight excluding hydrogens is 330 g/mol. The molecule has 1 aliphatic carbocycles. The van der Waals surface area contributed by atoms with Crippen molar-refractivity contribution in [1.29, 1.82) is 0 Å². The van der Waals surface area contributed by atoms with Gasteiger partial charge in [-0.1, -0.05) is 43.0 Å². The normalized spacial score (nSPS) is 15.6. The molecule has 1 aliphatic rings. The van der Waals surface area contributed by atoms with Gasteiger partial charge in [0.15, 0.2) is 0 Å². The Morgan fingerprint density at radius 1 is 1.04 bits per heavy atom. The summed E-state index contributed by atoms with van der Waals surface area (Å²) in [6.07, 6.45) is 8.76. The van der Waals surface area contributed by atoms with Gasteiger partial charge in [-0.3, -0.25) is 5.10 Å². The lowest BCUT2D eigenvalue weighted by molar-refractivity contribution is 0.357. The number of hydrogen-bond donors (Lipinski definition) is 1. The first kappa shape index (κ1) is 16.5. The quantitative estimate of drug-likeness (QED) is 0.628. The second-order valence-corrected chi connectivity index (χ2v) is 7.59. The van der Waals surface area contributed by atoms with Crippen LogP contribution >= 0.6 is 11.6 Å². The van der Waals surface area contributed by atoms with Crippen LogP contribution in [0.25, 0.3) is 10.9 Å². The topological polar surface area (TPSA) is 31.9 Å². The molecule has 0 radical (unpaired) electrons. The fourth-order valence-corrected chi connectivity index (χ4v) is 4.01. The summed E-state index contributed by atoms with van der Waals surface area (Å²) in [7, 11) is 0. The van der Waals surface area contributed by atoms with E-state index in [0.717, 1.165) is 29.5 Å². The molecule has 0 unspecified atom stereocenters. The van der Waals surface area contributed by atoms with Crippen LogP contribution < -0.4 is 4.90 Å². The van der Waals surface area contributed by atoms with Crippen LogP contribution in [-0.2, 0) is 6.54 Å². The lowest BCUT2D eigenvalue weighted by Crippen LogP contribution is -2.30. The molecule has 25 heavy (non-hydrogen) atoms. The SMILES string of the molecule is Clc1ccc(CN(CC2CCCCC2)c2ccc3[nH]ncc3c2)cc1. The van der Waals surface area contributed by atoms with E-state index >= 15 is 0 Å². The minimum atomic E-state index is 0.793. The van der Waals surface area contributed by atoms with Gasteiger partial charge in [-0.2, -0.15) is 5.10 Å². The van der Waals surface area contributed by atoms with Crippen LogP contribution in [0.5, 0.6) is 0 Å². The summed E-state index contributed by atoms with van der Waals surface area (Å²) in [6.45, 7) is 2.03. The van der Waals surface area contributed by atoms with Gasteiger partial charge in [-0.05, 0) is 54.7 Å². The van der Waals surface area contributed by atoms with Gasteiger partial charge in [-0.25, -0.2) is 0 Å². The Morgan fingerprint density at radius 2 is 1.84 bits per heavy atom. The molecule has 4 rings (SSSR count). The molecule has 0 bridgehead atoms. The van der Waals surface area contributed by atoms with Crippen molar-refractivity contribution >= 4 is 28.2 Å². The number of anilines is 1. The van der Waals surface area contributed by atoms with Gasteiger partial charge in [0, 0.05) is 29.2 Å². The maximum atomic E-state index is 6.05. The smallest absolute Gasteiger partial charge is 0.0651 e. The van der Waals surface area contributed by atoms with Crippen molar-refractivity contribution in [2.45, 2.75) is 38.6 Å². The Bertz CT molecular complexity index is 819. The van der Waals surface area contributed by atoms with Crippen molar-refractivity contribution in [2.24, 2.45) is 5.92 Å². The van der Waals surface area contributed by atoms with E-state index in [2.05, 4.69) is 45.4 Å². The number of aromatic amines is 1. The summed E-state index contributed by atoms with van der Waals surface area (Å²) in [6, 6.07) is 14.8. The van der Waals surface area contributed by atoms with Gasteiger partial charge >= 0.3 is 0 Å². The molecule has 4 heteroatoms. The van der Waals surface area contributed by atoms with Crippen LogP contribution in [0.3, 0.4) is 0 Å². The van der Waals surface area contributed by atoms with Crippen LogP contribution in [0.4, 0.5) is 5.69 Å². The summed E-state index contributed by atoms with van der Waals surface area (Å²) >= 11 is 6.05. The number of rotatable bonds is 5. The highest BCUT2D eigenvalue weighted by atomic mass is 35.5. The van der Waals surface area contributed by atoms with Crippen LogP contribution in [0.15, 0.2) is 48.7 Å². The van der Waals surface area contributed by atoms with Crippen LogP contribution in [0, 0.1) is 5.92 Å². The first-order valence-electron chi connectivity index (χ1n) is 9.20. The summed E-state index contributed by atoms with van der Waals surface area (Å²) in [5.41, 5.74) is 3.66. The minimum absolute atomic E-state index is 0.793. The second kappa shape index (κ2) is 7.49. The predicted molar refractivity (Wildman–Crippen MR) is 105 cm³/mol. The van der Waals surface area contributed by atoms with Crippen molar-refractivity contribution in [3.05, 3.63) is 59.2 Å². The van der Waals surface area contributed by atoms with E-state index in [1.165, 1.54) is 48.7 Å². The molecule has 0 spiro atoms. The zero-order valence-electron chi connectivity index (χ0n) is 14.4. The molecule has 130 valence electrons. The molecule has 0 aliphatic heterocycles. The number of aromatic nitrogens is 2. The first-order valence-corrected chi connectivity index (χ1v) is 9.58. The van der Waals surface area contributed by atoms with Gasteiger partial charge in [0.05, 0.1) is 11.7 Å². The Hall–Kier alpha value is -2.00. The fraction of sp³-hybridized carbons (Fsp3) is 0.381. The third-order valence-corrected chi connectivity index (χ3v) is 5.53. The largest absolute Gasteiger partial charge is 0.367 e. The zero-order chi connectivity index (χ0) is 17.1. The molecule has 2 aromatic carbocycles. The number of fused-ring (bicyclic) bond motifs is 1. The lowest BCUT2D eigenvalue weighted by atomic mass is 9.88. The highest BCUT2D eigenvalue weighted by Crippen LogP contribution is 2.29. The van der Waals surface area contributed by atoms with Crippen molar-refractivity contribution in [1.82, 2.24) is 10.2 Å². The highest BCUT2D eigenvalue weighted by Gasteiger charge is 2.18. The van der Waals surface area contributed by atoms with Gasteiger partial charge in [-0.15, -0.1) is 0 Å². The third-order valence-electron chi connectivity index (χ3n) is 5.28. The summed E-state index contributed by atoms with van der Waals surface area (Å²) in [4.78, 5) is 2.52. The van der Waals surface area contributed by atoms with E-state index in [1.54, 1.807) is 0 Å². The van der Waals surface area contributed by atoms with Crippen molar-refractivity contribution in [3.8, 4) is 0 Å². The highest BCUT2D eigenvalue weighted by molar-refractivity contribution is 6.30. The van der Waals surface area contributed by atoms with E-state index in [1.807, 2.05) is 18.3 Å². The van der Waals surface area contributed by atoms with Crippen LogP contribution in [0.1, 0.15) is 37.7 Å². The van der Waals surface area contributed by atoms with E-state index in [0.29, 0.717) is 0 Å². The number of benzene rings is 2. The van der Waals surface area contributed by atoms with Crippen molar-refractivity contribution in [2.75, 3.05) is 11.4 Å². The molecule has 1 saturated carbocycles. The Balaban J connectivity index is 1.60. The van der Waals surface area contributed by atoms with Gasteiger partial charge in [0.1, 0.15) is 0 Å². The van der Waals surface area contributed by atoms with E-state index in [4.69, 9.17) is 11.6 Å². The monoisotopic (exact) mass is 353 g/mol. The van der Waals surface area contributed by atoms with Crippen molar-refractivity contribution < 1.29 is 0 Å². The molecule has 0 amide bonds. The molecule has 1 N–H and O–H groups in total. The summed E-state index contributed by atoms with van der Waals surface area (Å²) in [5.74, 6) is 0.793. The predicted octanol–water partition coefficient (Wildman–Crippen LogP) is 5.80. The Labute approximate surface area is 154 Å². The minimum Gasteiger partial charge on any atom is -0.367 e. The standard InChI is InChI=1S/C21H24ClN3/c22-19-8-6-17(7-9-19)15-25(14-16-4-2-1-3-5-16)20-10-11-21-18(12-20)13-23-24-21/h6-13,16H,1-5,14-15H2,(H,23,24). The molecule has 0 atom stereocenters. The van der Waals surface area contributed by atoms with E-state index in [-0.39, 0.29) is 0 Å². The Morgan fingerprint density at radius 3 is 2.64 bits per heavy atom. The lowest BCUT2D eigenvalue weighted by Gasteiger charge is -2.31. The third kappa shape index (κ3) is 3.98. The molecule has 1 fully saturated rings. The summed E-state index contributed by atoms with van der Waals surface area (Å²) in [5, 5.41) is 9.16. The molecule has 3 aromatic rings.